The average Bonchev–Trinajstić information content (AvgIpc) is 2.66. The number of carbonyl (C=O) groups excluding carboxylic acids is 1. The third-order valence-electron chi connectivity index (χ3n) is 6.94. The van der Waals surface area contributed by atoms with Gasteiger partial charge in [0.25, 0.3) is 0 Å². The minimum absolute atomic E-state index is 0.191. The molecule has 0 unspecified atom stereocenters. The third-order valence-corrected chi connectivity index (χ3v) is 6.94. The van der Waals surface area contributed by atoms with E-state index in [-0.39, 0.29) is 11.6 Å². The first-order valence-electron chi connectivity index (χ1n) is 11.0. The minimum atomic E-state index is -0.208. The van der Waals surface area contributed by atoms with Gasteiger partial charge in [0.15, 0.2) is 0 Å². The van der Waals surface area contributed by atoms with Crippen LogP contribution in [0.15, 0.2) is 12.7 Å². The van der Waals surface area contributed by atoms with Gasteiger partial charge in [-0.25, -0.2) is 4.79 Å². The number of rotatable bonds is 9. The zero-order chi connectivity index (χ0) is 18.1. The van der Waals surface area contributed by atoms with Gasteiger partial charge in [-0.2, -0.15) is 0 Å². The highest BCUT2D eigenvalue weighted by Gasteiger charge is 2.45. The minimum Gasteiger partial charge on any atom is -0.456 e. The van der Waals surface area contributed by atoms with Gasteiger partial charge in [0.05, 0.1) is 0 Å². The van der Waals surface area contributed by atoms with Crippen LogP contribution in [-0.2, 0) is 9.53 Å². The van der Waals surface area contributed by atoms with Crippen LogP contribution < -0.4 is 0 Å². The molecule has 2 rings (SSSR count). The van der Waals surface area contributed by atoms with Crippen molar-refractivity contribution in [2.45, 2.75) is 109 Å². The fourth-order valence-electron chi connectivity index (χ4n) is 5.25. The van der Waals surface area contributed by atoms with E-state index in [9.17, 15) is 4.79 Å². The largest absolute Gasteiger partial charge is 0.456 e. The van der Waals surface area contributed by atoms with E-state index in [1.54, 1.807) is 0 Å². The van der Waals surface area contributed by atoms with Crippen LogP contribution >= 0.6 is 0 Å². The Morgan fingerprint density at radius 1 is 0.960 bits per heavy atom. The Kier molecular flexibility index (Phi) is 8.52. The van der Waals surface area contributed by atoms with Gasteiger partial charge in [-0.3, -0.25) is 0 Å². The summed E-state index contributed by atoms with van der Waals surface area (Å²) in [6, 6.07) is 0. The monoisotopic (exact) mass is 348 g/mol. The van der Waals surface area contributed by atoms with Crippen molar-refractivity contribution in [3.8, 4) is 0 Å². The molecular formula is C23H40O2. The molecule has 25 heavy (non-hydrogen) atoms. The highest BCUT2D eigenvalue weighted by Crippen LogP contribution is 2.48. The Morgan fingerprint density at radius 3 is 1.96 bits per heavy atom. The predicted molar refractivity (Wildman–Crippen MR) is 105 cm³/mol. The number of ether oxygens (including phenoxy) is 1. The summed E-state index contributed by atoms with van der Waals surface area (Å²) in [5, 5.41) is 0. The van der Waals surface area contributed by atoms with Gasteiger partial charge in [0, 0.05) is 6.08 Å². The van der Waals surface area contributed by atoms with Crippen molar-refractivity contribution < 1.29 is 9.53 Å². The van der Waals surface area contributed by atoms with Crippen molar-refractivity contribution in [3.05, 3.63) is 12.7 Å². The second-order valence-electron chi connectivity index (χ2n) is 8.64. The Morgan fingerprint density at radius 2 is 1.48 bits per heavy atom. The van der Waals surface area contributed by atoms with Crippen molar-refractivity contribution in [1.29, 1.82) is 0 Å². The molecule has 0 saturated heterocycles. The topological polar surface area (TPSA) is 26.3 Å². The summed E-state index contributed by atoms with van der Waals surface area (Å²) < 4.78 is 6.08. The second-order valence-corrected chi connectivity index (χ2v) is 8.64. The summed E-state index contributed by atoms with van der Waals surface area (Å²) in [6.07, 6.45) is 19.2. The van der Waals surface area contributed by atoms with E-state index in [4.69, 9.17) is 4.74 Å². The van der Waals surface area contributed by atoms with Crippen LogP contribution in [0.5, 0.6) is 0 Å². The smallest absolute Gasteiger partial charge is 0.330 e. The Bertz CT molecular complexity index is 398. The van der Waals surface area contributed by atoms with E-state index in [1.807, 2.05) is 0 Å². The molecule has 0 spiro atoms. The maximum Gasteiger partial charge on any atom is 0.330 e. The van der Waals surface area contributed by atoms with Crippen LogP contribution in [-0.4, -0.2) is 11.6 Å². The molecule has 0 aromatic rings. The van der Waals surface area contributed by atoms with Crippen LogP contribution in [0.3, 0.4) is 0 Å². The molecule has 2 aliphatic rings. The van der Waals surface area contributed by atoms with Gasteiger partial charge in [0.2, 0.25) is 0 Å². The van der Waals surface area contributed by atoms with Crippen molar-refractivity contribution in [1.82, 2.24) is 0 Å². The first-order valence-corrected chi connectivity index (χ1v) is 11.0. The van der Waals surface area contributed by atoms with Crippen LogP contribution in [0, 0.1) is 17.8 Å². The van der Waals surface area contributed by atoms with Crippen molar-refractivity contribution in [2.75, 3.05) is 0 Å². The molecule has 0 amide bonds. The highest BCUT2D eigenvalue weighted by atomic mass is 16.6. The zero-order valence-corrected chi connectivity index (χ0v) is 16.7. The molecule has 2 saturated carbocycles. The van der Waals surface area contributed by atoms with E-state index in [0.29, 0.717) is 5.92 Å². The number of hydrogen-bond acceptors (Lipinski definition) is 2. The zero-order valence-electron chi connectivity index (χ0n) is 16.7. The van der Waals surface area contributed by atoms with E-state index < -0.39 is 0 Å². The SMILES string of the molecule is C=CC(=O)OC1(C2CCC(CCCC)CC2)CCC(CCCC)CC1. The van der Waals surface area contributed by atoms with Crippen LogP contribution in [0.2, 0.25) is 0 Å². The van der Waals surface area contributed by atoms with Crippen LogP contribution in [0.25, 0.3) is 0 Å². The van der Waals surface area contributed by atoms with E-state index in [0.717, 1.165) is 24.7 Å². The summed E-state index contributed by atoms with van der Waals surface area (Å²) in [4.78, 5) is 12.0. The van der Waals surface area contributed by atoms with Crippen molar-refractivity contribution >= 4 is 5.97 Å². The molecule has 2 heteroatoms. The first-order chi connectivity index (χ1) is 12.1. The molecule has 0 radical (unpaired) electrons. The summed E-state index contributed by atoms with van der Waals surface area (Å²) in [5.41, 5.74) is -0.191. The van der Waals surface area contributed by atoms with Gasteiger partial charge >= 0.3 is 5.97 Å². The number of carbonyl (C=O) groups is 1. The predicted octanol–water partition coefficient (Wildman–Crippen LogP) is 6.83. The molecule has 0 N–H and O–H groups in total. The van der Waals surface area contributed by atoms with E-state index in [1.165, 1.54) is 83.1 Å². The first kappa shape index (κ1) is 20.5. The molecule has 0 aliphatic heterocycles. The van der Waals surface area contributed by atoms with E-state index in [2.05, 4.69) is 20.4 Å². The molecular weight excluding hydrogens is 308 g/mol. The van der Waals surface area contributed by atoms with Gasteiger partial charge < -0.3 is 4.74 Å². The molecule has 2 fully saturated rings. The average molecular weight is 349 g/mol. The number of unbranched alkanes of at least 4 members (excludes halogenated alkanes) is 2. The maximum atomic E-state index is 12.0. The molecule has 2 nitrogen and oxygen atoms in total. The lowest BCUT2D eigenvalue weighted by atomic mass is 9.65. The molecule has 144 valence electrons. The molecule has 0 aromatic heterocycles. The van der Waals surface area contributed by atoms with Gasteiger partial charge in [-0.15, -0.1) is 0 Å². The Hall–Kier alpha value is -0.790. The fraction of sp³-hybridized carbons (Fsp3) is 0.870. The number of hydrogen-bond donors (Lipinski definition) is 0. The highest BCUT2D eigenvalue weighted by molar-refractivity contribution is 5.81. The molecule has 0 bridgehead atoms. The fourth-order valence-corrected chi connectivity index (χ4v) is 5.25. The van der Waals surface area contributed by atoms with E-state index >= 15 is 0 Å². The molecule has 0 atom stereocenters. The molecule has 0 aromatic carbocycles. The Balaban J connectivity index is 1.95. The van der Waals surface area contributed by atoms with Gasteiger partial charge in [0.1, 0.15) is 5.60 Å². The van der Waals surface area contributed by atoms with Crippen LogP contribution in [0.4, 0.5) is 0 Å². The quantitative estimate of drug-likeness (QED) is 0.337. The molecule has 2 aliphatic carbocycles. The molecule has 0 heterocycles. The Labute approximate surface area is 155 Å². The lowest BCUT2D eigenvalue weighted by Crippen LogP contribution is -2.46. The normalized spacial score (nSPS) is 33.0. The maximum absolute atomic E-state index is 12.0. The van der Waals surface area contributed by atoms with Crippen LogP contribution in [0.1, 0.15) is 104 Å². The standard InChI is InChI=1S/C23H40O2/c1-4-7-9-19-11-13-21(14-12-19)23(25-22(24)6-3)17-15-20(16-18-23)10-8-5-2/h6,19-21H,3-5,7-18H2,1-2H3. The number of esters is 1. The van der Waals surface area contributed by atoms with Gasteiger partial charge in [-0.05, 0) is 56.3 Å². The van der Waals surface area contributed by atoms with Crippen molar-refractivity contribution in [3.63, 3.8) is 0 Å². The lowest BCUT2D eigenvalue weighted by Gasteiger charge is -2.47. The lowest BCUT2D eigenvalue weighted by molar-refractivity contribution is -0.169. The second kappa shape index (κ2) is 10.4. The summed E-state index contributed by atoms with van der Waals surface area (Å²) in [7, 11) is 0. The summed E-state index contributed by atoms with van der Waals surface area (Å²) in [6.45, 7) is 8.19. The summed E-state index contributed by atoms with van der Waals surface area (Å²) >= 11 is 0. The van der Waals surface area contributed by atoms with Gasteiger partial charge in [-0.1, -0.05) is 71.8 Å². The summed E-state index contributed by atoms with van der Waals surface area (Å²) in [5.74, 6) is 2.11. The third kappa shape index (κ3) is 5.86. The van der Waals surface area contributed by atoms with Crippen molar-refractivity contribution in [2.24, 2.45) is 17.8 Å².